The lowest BCUT2D eigenvalue weighted by Gasteiger charge is -2.27. The number of aliphatic carboxylic acids is 1. The van der Waals surface area contributed by atoms with Gasteiger partial charge in [0.25, 0.3) is 0 Å². The van der Waals surface area contributed by atoms with Gasteiger partial charge in [-0.2, -0.15) is 0 Å². The minimum absolute atomic E-state index is 0.220. The first-order valence-corrected chi connectivity index (χ1v) is 7.10. The summed E-state index contributed by atoms with van der Waals surface area (Å²) in [5.41, 5.74) is 0.263. The third-order valence-electron chi connectivity index (χ3n) is 3.38. The number of rotatable bonds is 3. The molecule has 0 aromatic carbocycles. The molecule has 1 aliphatic carbocycles. The van der Waals surface area contributed by atoms with Gasteiger partial charge in [0, 0.05) is 5.92 Å². The number of carboxylic acid groups (broad SMARTS) is 1. The number of hydrogen-bond acceptors (Lipinski definition) is 3. The molecule has 0 aromatic rings. The Morgan fingerprint density at radius 3 is 2.55 bits per heavy atom. The smallest absolute Gasteiger partial charge is 0.408 e. The van der Waals surface area contributed by atoms with Crippen LogP contribution in [0.4, 0.5) is 4.79 Å². The lowest BCUT2D eigenvalue weighted by Crippen LogP contribution is -2.48. The summed E-state index contributed by atoms with van der Waals surface area (Å²) in [5.74, 6) is -1.26. The van der Waals surface area contributed by atoms with Crippen LogP contribution in [0.1, 0.15) is 52.9 Å². The van der Waals surface area contributed by atoms with Gasteiger partial charge in [-0.3, -0.25) is 0 Å². The van der Waals surface area contributed by atoms with Gasteiger partial charge >= 0.3 is 12.1 Å². The van der Waals surface area contributed by atoms with E-state index in [1.165, 1.54) is 0 Å². The second-order valence-corrected chi connectivity index (χ2v) is 6.33. The number of nitrogens with one attached hydrogen (secondary N) is 1. The summed E-state index contributed by atoms with van der Waals surface area (Å²) in [4.78, 5) is 23.2. The van der Waals surface area contributed by atoms with Gasteiger partial charge in [0.05, 0.1) is 0 Å². The summed E-state index contributed by atoms with van der Waals surface area (Å²) in [6.45, 7) is 9.21. The number of carbonyl (C=O) groups excluding carboxylic acids is 1. The van der Waals surface area contributed by atoms with Crippen LogP contribution in [0.3, 0.4) is 0 Å². The zero-order valence-electron chi connectivity index (χ0n) is 12.6. The molecule has 1 fully saturated rings. The average Bonchev–Trinajstić information content (AvgIpc) is 2.48. The second kappa shape index (κ2) is 6.77. The fourth-order valence-corrected chi connectivity index (χ4v) is 2.45. The third kappa shape index (κ3) is 5.23. The van der Waals surface area contributed by atoms with Crippen molar-refractivity contribution in [1.29, 1.82) is 0 Å². The Morgan fingerprint density at radius 1 is 1.35 bits per heavy atom. The molecule has 0 aliphatic heterocycles. The highest BCUT2D eigenvalue weighted by Crippen LogP contribution is 2.29. The van der Waals surface area contributed by atoms with E-state index in [-0.39, 0.29) is 5.92 Å². The van der Waals surface area contributed by atoms with Gasteiger partial charge in [0.2, 0.25) is 0 Å². The first-order chi connectivity index (χ1) is 9.20. The summed E-state index contributed by atoms with van der Waals surface area (Å²) < 4.78 is 5.13. The number of carbonyl (C=O) groups is 2. The molecular weight excluding hydrogens is 258 g/mol. The molecule has 1 aliphatic rings. The monoisotopic (exact) mass is 283 g/mol. The highest BCUT2D eigenvalue weighted by atomic mass is 16.6. The minimum atomic E-state index is -1.04. The van der Waals surface area contributed by atoms with Crippen molar-refractivity contribution in [3.63, 3.8) is 0 Å². The molecule has 1 amide bonds. The topological polar surface area (TPSA) is 75.6 Å². The van der Waals surface area contributed by atoms with Gasteiger partial charge in [0.1, 0.15) is 11.6 Å². The summed E-state index contributed by atoms with van der Waals surface area (Å²) >= 11 is 0. The van der Waals surface area contributed by atoms with Crippen molar-refractivity contribution in [1.82, 2.24) is 5.32 Å². The van der Waals surface area contributed by atoms with Crippen LogP contribution in [-0.4, -0.2) is 28.8 Å². The van der Waals surface area contributed by atoms with Crippen molar-refractivity contribution in [2.75, 3.05) is 0 Å². The van der Waals surface area contributed by atoms with Crippen molar-refractivity contribution in [3.05, 3.63) is 12.2 Å². The molecule has 2 N–H and O–H groups in total. The number of hydrogen-bond donors (Lipinski definition) is 2. The molecule has 0 unspecified atom stereocenters. The SMILES string of the molecule is C=C1CCCCC[C@H]1[C@@H](NC(=O)OC(C)(C)C)C(=O)O. The number of carboxylic acids is 1. The standard InChI is InChI=1S/C15H25NO4/c1-10-8-6-5-7-9-11(10)12(13(17)18)16-14(19)20-15(2,3)4/h11-12H,1,5-9H2,2-4H3,(H,16,19)(H,17,18)/t11-,12-/m1/s1. The molecule has 0 heterocycles. The van der Waals surface area contributed by atoms with Crippen LogP contribution in [0.15, 0.2) is 12.2 Å². The van der Waals surface area contributed by atoms with Crippen LogP contribution < -0.4 is 5.32 Å². The molecule has 114 valence electrons. The van der Waals surface area contributed by atoms with Crippen LogP contribution in [0.25, 0.3) is 0 Å². The predicted molar refractivity (Wildman–Crippen MR) is 76.5 cm³/mol. The molecule has 0 radical (unpaired) electrons. The van der Waals surface area contributed by atoms with Crippen LogP contribution >= 0.6 is 0 Å². The molecule has 1 rings (SSSR count). The van der Waals surface area contributed by atoms with E-state index in [0.717, 1.165) is 37.7 Å². The van der Waals surface area contributed by atoms with E-state index < -0.39 is 23.7 Å². The third-order valence-corrected chi connectivity index (χ3v) is 3.38. The first-order valence-electron chi connectivity index (χ1n) is 7.10. The maximum absolute atomic E-state index is 11.8. The number of ether oxygens (including phenoxy) is 1. The zero-order valence-corrected chi connectivity index (χ0v) is 12.6. The van der Waals surface area contributed by atoms with Crippen molar-refractivity contribution < 1.29 is 19.4 Å². The summed E-state index contributed by atoms with van der Waals surface area (Å²) in [6.07, 6.45) is 3.95. The van der Waals surface area contributed by atoms with Gasteiger partial charge in [0.15, 0.2) is 0 Å². The molecule has 0 spiro atoms. The molecule has 5 nitrogen and oxygen atoms in total. The van der Waals surface area contributed by atoms with Crippen molar-refractivity contribution in [2.24, 2.45) is 5.92 Å². The number of alkyl carbamates (subject to hydrolysis) is 1. The van der Waals surface area contributed by atoms with E-state index in [9.17, 15) is 14.7 Å². The molecule has 0 saturated heterocycles. The fourth-order valence-electron chi connectivity index (χ4n) is 2.45. The van der Waals surface area contributed by atoms with E-state index >= 15 is 0 Å². The molecule has 0 bridgehead atoms. The van der Waals surface area contributed by atoms with Gasteiger partial charge in [-0.1, -0.05) is 25.0 Å². The molecule has 0 aromatic heterocycles. The molecule has 5 heteroatoms. The van der Waals surface area contributed by atoms with E-state index in [1.807, 2.05) is 0 Å². The second-order valence-electron chi connectivity index (χ2n) is 6.33. The largest absolute Gasteiger partial charge is 0.480 e. The zero-order chi connectivity index (χ0) is 15.3. The molecular formula is C15H25NO4. The van der Waals surface area contributed by atoms with E-state index in [2.05, 4.69) is 11.9 Å². The summed E-state index contributed by atoms with van der Waals surface area (Å²) in [5, 5.41) is 11.9. The fraction of sp³-hybridized carbons (Fsp3) is 0.733. The van der Waals surface area contributed by atoms with Gasteiger partial charge in [-0.25, -0.2) is 9.59 Å². The summed E-state index contributed by atoms with van der Waals surface area (Å²) in [7, 11) is 0. The average molecular weight is 283 g/mol. The van der Waals surface area contributed by atoms with Crippen molar-refractivity contribution in [2.45, 2.75) is 64.5 Å². The van der Waals surface area contributed by atoms with E-state index in [0.29, 0.717) is 0 Å². The minimum Gasteiger partial charge on any atom is -0.480 e. The predicted octanol–water partition coefficient (Wildman–Crippen LogP) is 3.10. The molecule has 2 atom stereocenters. The molecule has 1 saturated carbocycles. The number of amides is 1. The molecule has 20 heavy (non-hydrogen) atoms. The van der Waals surface area contributed by atoms with Gasteiger partial charge in [-0.05, 0) is 40.0 Å². The Hall–Kier alpha value is -1.52. The Labute approximate surface area is 120 Å². The summed E-state index contributed by atoms with van der Waals surface area (Å²) in [6, 6.07) is -0.963. The first kappa shape index (κ1) is 16.5. The van der Waals surface area contributed by atoms with Crippen LogP contribution in [0.2, 0.25) is 0 Å². The Bertz CT molecular complexity index is 384. The quantitative estimate of drug-likeness (QED) is 0.616. The van der Waals surface area contributed by atoms with Crippen LogP contribution in [-0.2, 0) is 9.53 Å². The Kier molecular flexibility index (Phi) is 5.60. The normalized spacial score (nSPS) is 21.8. The lowest BCUT2D eigenvalue weighted by molar-refractivity contribution is -0.140. The Balaban J connectivity index is 2.75. The lowest BCUT2D eigenvalue weighted by atomic mass is 9.88. The van der Waals surface area contributed by atoms with Gasteiger partial charge in [-0.15, -0.1) is 0 Å². The maximum atomic E-state index is 11.8. The Morgan fingerprint density at radius 2 is 2.00 bits per heavy atom. The van der Waals surface area contributed by atoms with Crippen molar-refractivity contribution >= 4 is 12.1 Å². The van der Waals surface area contributed by atoms with Crippen LogP contribution in [0.5, 0.6) is 0 Å². The van der Waals surface area contributed by atoms with Gasteiger partial charge < -0.3 is 15.2 Å². The van der Waals surface area contributed by atoms with E-state index in [1.54, 1.807) is 20.8 Å². The van der Waals surface area contributed by atoms with E-state index in [4.69, 9.17) is 4.74 Å². The highest BCUT2D eigenvalue weighted by molar-refractivity contribution is 5.80. The maximum Gasteiger partial charge on any atom is 0.408 e. The van der Waals surface area contributed by atoms with Crippen LogP contribution in [0, 0.1) is 5.92 Å². The highest BCUT2D eigenvalue weighted by Gasteiger charge is 2.33. The van der Waals surface area contributed by atoms with Crippen molar-refractivity contribution in [3.8, 4) is 0 Å².